The zero-order chi connectivity index (χ0) is 21.2. The lowest BCUT2D eigenvalue weighted by Crippen LogP contribution is -2.22. The van der Waals surface area contributed by atoms with Gasteiger partial charge in [0.1, 0.15) is 0 Å². The van der Waals surface area contributed by atoms with Gasteiger partial charge in [0, 0.05) is 5.56 Å². The van der Waals surface area contributed by atoms with Crippen LogP contribution in [0, 0.1) is 11.3 Å². The van der Waals surface area contributed by atoms with Crippen molar-refractivity contribution in [1.82, 2.24) is 0 Å². The molecule has 3 rings (SSSR count). The molecule has 0 aliphatic carbocycles. The Kier molecular flexibility index (Phi) is 5.73. The summed E-state index contributed by atoms with van der Waals surface area (Å²) in [5.74, 6) is -0.586. The quantitative estimate of drug-likeness (QED) is 0.616. The first-order valence-corrected chi connectivity index (χ1v) is 11.2. The highest BCUT2D eigenvalue weighted by Gasteiger charge is 2.18. The molecule has 148 valence electrons. The first kappa shape index (κ1) is 20.6. The van der Waals surface area contributed by atoms with Crippen LogP contribution in [0.4, 0.5) is 5.69 Å². The van der Waals surface area contributed by atoms with E-state index in [4.69, 9.17) is 5.73 Å². The number of amides is 1. The van der Waals surface area contributed by atoms with Gasteiger partial charge in [-0.05, 0) is 54.1 Å². The maximum absolute atomic E-state index is 12.2. The molecule has 0 unspecified atom stereocenters. The second-order valence-corrected chi connectivity index (χ2v) is 9.83. The van der Waals surface area contributed by atoms with Crippen molar-refractivity contribution in [2.24, 2.45) is 5.73 Å². The SMILES string of the molecule is CC(C)S(=O)(=O)Nc1ccsc1-c1ccc(-c2ccc(C(N)=O)cc2C#N)cc1. The van der Waals surface area contributed by atoms with E-state index in [0.29, 0.717) is 16.8 Å². The van der Waals surface area contributed by atoms with E-state index < -0.39 is 21.2 Å². The fourth-order valence-corrected chi connectivity index (χ4v) is 4.36. The molecule has 0 saturated heterocycles. The van der Waals surface area contributed by atoms with Gasteiger partial charge in [0.25, 0.3) is 0 Å². The number of carbonyl (C=O) groups is 1. The summed E-state index contributed by atoms with van der Waals surface area (Å²) in [5.41, 5.74) is 8.82. The fraction of sp³-hybridized carbons (Fsp3) is 0.143. The zero-order valence-corrected chi connectivity index (χ0v) is 17.5. The Morgan fingerprint density at radius 3 is 2.34 bits per heavy atom. The molecule has 1 aromatic heterocycles. The van der Waals surface area contributed by atoms with E-state index in [1.807, 2.05) is 29.6 Å². The standard InChI is InChI=1S/C21H19N3O3S2/c1-13(2)29(26,27)24-19-9-10-28-20(19)15-5-3-14(4-6-15)18-8-7-16(21(23)25)11-17(18)12-22/h3-11,13,24H,1-2H3,(H2,23,25). The highest BCUT2D eigenvalue weighted by Crippen LogP contribution is 2.36. The van der Waals surface area contributed by atoms with Crippen LogP contribution in [-0.4, -0.2) is 19.6 Å². The summed E-state index contributed by atoms with van der Waals surface area (Å²) in [5, 5.41) is 10.7. The molecule has 1 heterocycles. The number of nitrogens with two attached hydrogens (primary N) is 1. The van der Waals surface area contributed by atoms with E-state index in [0.717, 1.165) is 16.0 Å². The van der Waals surface area contributed by atoms with Gasteiger partial charge in [0.2, 0.25) is 15.9 Å². The summed E-state index contributed by atoms with van der Waals surface area (Å²) in [7, 11) is -3.44. The maximum Gasteiger partial charge on any atom is 0.248 e. The van der Waals surface area contributed by atoms with Crippen LogP contribution >= 0.6 is 11.3 Å². The first-order valence-electron chi connectivity index (χ1n) is 8.77. The summed E-state index contributed by atoms with van der Waals surface area (Å²) in [6, 6.07) is 16.1. The summed E-state index contributed by atoms with van der Waals surface area (Å²) < 4.78 is 27.0. The van der Waals surface area contributed by atoms with E-state index in [-0.39, 0.29) is 5.56 Å². The van der Waals surface area contributed by atoms with Gasteiger partial charge in [0.05, 0.1) is 27.4 Å². The molecule has 0 radical (unpaired) electrons. The Hall–Kier alpha value is -3.15. The number of nitriles is 1. The molecule has 3 aromatic rings. The highest BCUT2D eigenvalue weighted by atomic mass is 32.2. The highest BCUT2D eigenvalue weighted by molar-refractivity contribution is 7.93. The molecule has 8 heteroatoms. The Balaban J connectivity index is 1.95. The second kappa shape index (κ2) is 8.07. The predicted molar refractivity (Wildman–Crippen MR) is 116 cm³/mol. The van der Waals surface area contributed by atoms with Crippen LogP contribution in [-0.2, 0) is 10.0 Å². The smallest absolute Gasteiger partial charge is 0.248 e. The topological polar surface area (TPSA) is 113 Å². The molecule has 0 spiro atoms. The van der Waals surface area contributed by atoms with Crippen molar-refractivity contribution in [2.45, 2.75) is 19.1 Å². The van der Waals surface area contributed by atoms with Gasteiger partial charge in [-0.15, -0.1) is 11.3 Å². The van der Waals surface area contributed by atoms with E-state index in [9.17, 15) is 18.5 Å². The third-order valence-electron chi connectivity index (χ3n) is 4.42. The van der Waals surface area contributed by atoms with E-state index >= 15 is 0 Å². The average molecular weight is 426 g/mol. The van der Waals surface area contributed by atoms with Crippen LogP contribution in [0.2, 0.25) is 0 Å². The number of benzene rings is 2. The summed E-state index contributed by atoms with van der Waals surface area (Å²) in [4.78, 5) is 12.1. The van der Waals surface area contributed by atoms with Crippen molar-refractivity contribution in [1.29, 1.82) is 5.26 Å². The molecule has 29 heavy (non-hydrogen) atoms. The molecule has 3 N–H and O–H groups in total. The van der Waals surface area contributed by atoms with E-state index in [1.54, 1.807) is 32.0 Å². The van der Waals surface area contributed by atoms with Crippen LogP contribution in [0.1, 0.15) is 29.8 Å². The number of thiophene rings is 1. The number of anilines is 1. The number of hydrogen-bond acceptors (Lipinski definition) is 5. The lowest BCUT2D eigenvalue weighted by atomic mass is 9.97. The largest absolute Gasteiger partial charge is 0.366 e. The lowest BCUT2D eigenvalue weighted by molar-refractivity contribution is 0.1000. The van der Waals surface area contributed by atoms with Crippen LogP contribution in [0.25, 0.3) is 21.6 Å². The number of nitrogens with zero attached hydrogens (tertiary/aromatic N) is 1. The molecule has 0 atom stereocenters. The van der Waals surface area contributed by atoms with E-state index in [1.165, 1.54) is 17.4 Å². The van der Waals surface area contributed by atoms with Crippen LogP contribution < -0.4 is 10.5 Å². The van der Waals surface area contributed by atoms with Crippen molar-refractivity contribution in [3.63, 3.8) is 0 Å². The van der Waals surface area contributed by atoms with Crippen molar-refractivity contribution in [3.05, 3.63) is 65.0 Å². The number of rotatable bonds is 6. The first-order chi connectivity index (χ1) is 13.7. The summed E-state index contributed by atoms with van der Waals surface area (Å²) in [6.07, 6.45) is 0. The van der Waals surface area contributed by atoms with Crippen molar-refractivity contribution >= 4 is 33.0 Å². The Bertz CT molecular complexity index is 1200. The van der Waals surface area contributed by atoms with Gasteiger partial charge in [-0.3, -0.25) is 9.52 Å². The monoisotopic (exact) mass is 425 g/mol. The average Bonchev–Trinajstić information content (AvgIpc) is 3.14. The molecule has 0 aliphatic heterocycles. The minimum atomic E-state index is -3.44. The van der Waals surface area contributed by atoms with Gasteiger partial charge < -0.3 is 5.73 Å². The Morgan fingerprint density at radius 2 is 1.76 bits per heavy atom. The minimum absolute atomic E-state index is 0.280. The van der Waals surface area contributed by atoms with Gasteiger partial charge >= 0.3 is 0 Å². The van der Waals surface area contributed by atoms with Gasteiger partial charge in [-0.2, -0.15) is 5.26 Å². The maximum atomic E-state index is 12.2. The third kappa shape index (κ3) is 4.31. The molecule has 6 nitrogen and oxygen atoms in total. The normalized spacial score (nSPS) is 11.2. The Labute approximate surface area is 173 Å². The molecular formula is C21H19N3O3S2. The number of hydrogen-bond donors (Lipinski definition) is 2. The number of primary amides is 1. The van der Waals surface area contributed by atoms with Gasteiger partial charge in [-0.25, -0.2) is 8.42 Å². The molecular weight excluding hydrogens is 406 g/mol. The van der Waals surface area contributed by atoms with Crippen molar-refractivity contribution < 1.29 is 13.2 Å². The van der Waals surface area contributed by atoms with E-state index in [2.05, 4.69) is 10.8 Å². The molecule has 1 amide bonds. The molecule has 0 bridgehead atoms. The summed E-state index contributed by atoms with van der Waals surface area (Å²) >= 11 is 1.44. The van der Waals surface area contributed by atoms with Crippen LogP contribution in [0.15, 0.2) is 53.9 Å². The zero-order valence-electron chi connectivity index (χ0n) is 15.8. The number of nitrogens with one attached hydrogen (secondary N) is 1. The minimum Gasteiger partial charge on any atom is -0.366 e. The predicted octanol–water partition coefficient (Wildman–Crippen LogP) is 4.20. The number of sulfonamides is 1. The third-order valence-corrected chi connectivity index (χ3v) is 7.13. The molecule has 0 fully saturated rings. The van der Waals surface area contributed by atoms with Crippen LogP contribution in [0.5, 0.6) is 0 Å². The lowest BCUT2D eigenvalue weighted by Gasteiger charge is -2.12. The van der Waals surface area contributed by atoms with Gasteiger partial charge in [-0.1, -0.05) is 30.3 Å². The van der Waals surface area contributed by atoms with Gasteiger partial charge in [0.15, 0.2) is 0 Å². The van der Waals surface area contributed by atoms with Crippen molar-refractivity contribution in [2.75, 3.05) is 4.72 Å². The second-order valence-electron chi connectivity index (χ2n) is 6.67. The molecule has 0 saturated carbocycles. The van der Waals surface area contributed by atoms with Crippen LogP contribution in [0.3, 0.4) is 0 Å². The van der Waals surface area contributed by atoms with Crippen molar-refractivity contribution in [3.8, 4) is 27.6 Å². The Morgan fingerprint density at radius 1 is 1.10 bits per heavy atom. The number of carbonyl (C=O) groups excluding carboxylic acids is 1. The molecule has 2 aromatic carbocycles. The summed E-state index contributed by atoms with van der Waals surface area (Å²) in [6.45, 7) is 3.25. The fourth-order valence-electron chi connectivity index (χ4n) is 2.73. The molecule has 0 aliphatic rings.